The van der Waals surface area contributed by atoms with Gasteiger partial charge in [0.05, 0.1) is 0 Å². The average molecular weight is 421 g/mol. The van der Waals surface area contributed by atoms with Gasteiger partial charge in [0.2, 0.25) is 0 Å². The minimum absolute atomic E-state index is 0.279. The summed E-state index contributed by atoms with van der Waals surface area (Å²) in [4.78, 5) is 2.20. The van der Waals surface area contributed by atoms with Crippen molar-refractivity contribution in [2.75, 3.05) is 13.1 Å². The Kier molecular flexibility index (Phi) is 7.55. The summed E-state index contributed by atoms with van der Waals surface area (Å²) in [5.74, 6) is 0.854. The molecule has 0 fully saturated rings. The molecule has 3 rings (SSSR count). The molecular weight excluding hydrogens is 388 g/mol. The first-order valence-electron chi connectivity index (χ1n) is 10.6. The van der Waals surface area contributed by atoms with Crippen LogP contribution in [0.3, 0.4) is 0 Å². The topological polar surface area (TPSA) is 76.0 Å². The van der Waals surface area contributed by atoms with Crippen LogP contribution in [0.2, 0.25) is 0 Å². The van der Waals surface area contributed by atoms with E-state index in [2.05, 4.69) is 10.2 Å². The predicted octanol–water partition coefficient (Wildman–Crippen LogP) is 4.52. The molecule has 0 aliphatic heterocycles. The van der Waals surface area contributed by atoms with E-state index in [1.54, 1.807) is 18.2 Å². The molecule has 0 aliphatic rings. The van der Waals surface area contributed by atoms with Crippen molar-refractivity contribution in [1.82, 2.24) is 10.2 Å². The van der Waals surface area contributed by atoms with E-state index in [9.17, 15) is 15.3 Å². The molecule has 0 radical (unpaired) electrons. The molecule has 0 heterocycles. The fraction of sp³-hybridized carbons (Fsp3) is 0.308. The molecule has 4 N–H and O–H groups in total. The van der Waals surface area contributed by atoms with Gasteiger partial charge in [-0.1, -0.05) is 53.1 Å². The first kappa shape index (κ1) is 22.7. The molecule has 0 atom stereocenters. The summed E-state index contributed by atoms with van der Waals surface area (Å²) in [6.45, 7) is 9.15. The highest BCUT2D eigenvalue weighted by atomic mass is 16.3. The lowest BCUT2D eigenvalue weighted by Gasteiger charge is -2.24. The van der Waals surface area contributed by atoms with Crippen LogP contribution in [0.15, 0.2) is 54.6 Å². The molecule has 5 heteroatoms. The molecule has 3 aromatic rings. The fourth-order valence-electron chi connectivity index (χ4n) is 3.69. The third-order valence-corrected chi connectivity index (χ3v) is 5.41. The zero-order valence-electron chi connectivity index (χ0n) is 18.5. The fourth-order valence-corrected chi connectivity index (χ4v) is 3.69. The molecule has 0 saturated carbocycles. The van der Waals surface area contributed by atoms with Crippen molar-refractivity contribution in [2.24, 2.45) is 0 Å². The Morgan fingerprint density at radius 1 is 0.645 bits per heavy atom. The molecular formula is C26H32N2O3. The molecule has 5 nitrogen and oxygen atoms in total. The van der Waals surface area contributed by atoms with E-state index in [-0.39, 0.29) is 11.5 Å². The van der Waals surface area contributed by atoms with Crippen molar-refractivity contribution in [1.29, 1.82) is 0 Å². The maximum atomic E-state index is 10.3. The minimum Gasteiger partial charge on any atom is -0.508 e. The quantitative estimate of drug-likeness (QED) is 0.383. The van der Waals surface area contributed by atoms with Crippen LogP contribution in [0.5, 0.6) is 17.2 Å². The monoisotopic (exact) mass is 420 g/mol. The molecule has 0 unspecified atom stereocenters. The number of phenols is 3. The second-order valence-electron chi connectivity index (χ2n) is 8.28. The van der Waals surface area contributed by atoms with Crippen LogP contribution in [-0.2, 0) is 19.6 Å². The SMILES string of the molecule is Cc1ccc(O)c(CNCCN(Cc2cc(C)ccc2O)Cc2cc(C)ccc2O)c1. The van der Waals surface area contributed by atoms with Gasteiger partial charge in [-0.2, -0.15) is 0 Å². The Hall–Kier alpha value is -3.02. The first-order chi connectivity index (χ1) is 14.8. The van der Waals surface area contributed by atoms with Crippen molar-refractivity contribution >= 4 is 0 Å². The number of hydrogen-bond acceptors (Lipinski definition) is 5. The lowest BCUT2D eigenvalue weighted by molar-refractivity contribution is 0.249. The van der Waals surface area contributed by atoms with E-state index in [1.165, 1.54) is 0 Å². The number of benzene rings is 3. The van der Waals surface area contributed by atoms with E-state index in [0.717, 1.165) is 33.4 Å². The van der Waals surface area contributed by atoms with Gasteiger partial charge in [-0.3, -0.25) is 4.90 Å². The summed E-state index contributed by atoms with van der Waals surface area (Å²) < 4.78 is 0. The van der Waals surface area contributed by atoms with Gasteiger partial charge in [-0.05, 0) is 39.0 Å². The highest BCUT2D eigenvalue weighted by Gasteiger charge is 2.13. The summed E-state index contributed by atoms with van der Waals surface area (Å²) in [6, 6.07) is 16.8. The summed E-state index contributed by atoms with van der Waals surface area (Å²) in [7, 11) is 0. The molecule has 164 valence electrons. The lowest BCUT2D eigenvalue weighted by atomic mass is 10.1. The minimum atomic E-state index is 0.279. The van der Waals surface area contributed by atoms with E-state index >= 15 is 0 Å². The van der Waals surface area contributed by atoms with Crippen molar-refractivity contribution < 1.29 is 15.3 Å². The molecule has 0 aromatic heterocycles. The van der Waals surface area contributed by atoms with Gasteiger partial charge < -0.3 is 20.6 Å². The third-order valence-electron chi connectivity index (χ3n) is 5.41. The smallest absolute Gasteiger partial charge is 0.120 e. The molecule has 3 aromatic carbocycles. The van der Waals surface area contributed by atoms with Crippen LogP contribution in [0.4, 0.5) is 0 Å². The lowest BCUT2D eigenvalue weighted by Crippen LogP contribution is -2.31. The number of phenolic OH excluding ortho intramolecular Hbond substituents is 3. The molecule has 0 saturated heterocycles. The van der Waals surface area contributed by atoms with Gasteiger partial charge >= 0.3 is 0 Å². The standard InChI is InChI=1S/C26H32N2O3/c1-18-4-7-24(29)21(12-18)15-27-10-11-28(16-22-13-19(2)5-8-25(22)30)17-23-14-20(3)6-9-26(23)31/h4-9,12-14,27,29-31H,10-11,15-17H2,1-3H3. The zero-order valence-corrected chi connectivity index (χ0v) is 18.5. The summed E-state index contributed by atoms with van der Waals surface area (Å²) >= 11 is 0. The number of aryl methyl sites for hydroxylation is 3. The second kappa shape index (κ2) is 10.3. The maximum Gasteiger partial charge on any atom is 0.120 e. The molecule has 0 aliphatic carbocycles. The zero-order chi connectivity index (χ0) is 22.4. The highest BCUT2D eigenvalue weighted by molar-refractivity contribution is 5.38. The van der Waals surface area contributed by atoms with Gasteiger partial charge in [0.1, 0.15) is 17.2 Å². The maximum absolute atomic E-state index is 10.3. The van der Waals surface area contributed by atoms with Crippen LogP contribution in [0.1, 0.15) is 33.4 Å². The van der Waals surface area contributed by atoms with Crippen LogP contribution in [0, 0.1) is 20.8 Å². The summed E-state index contributed by atoms with van der Waals surface area (Å²) in [6.07, 6.45) is 0. The van der Waals surface area contributed by atoms with Crippen molar-refractivity contribution in [2.45, 2.75) is 40.4 Å². The Labute approximate surface area is 184 Å². The molecule has 0 spiro atoms. The summed E-state index contributed by atoms with van der Waals surface area (Å²) in [5.41, 5.74) is 5.91. The Morgan fingerprint density at radius 2 is 1.06 bits per heavy atom. The Balaban J connectivity index is 1.69. The average Bonchev–Trinajstić information content (AvgIpc) is 2.73. The number of nitrogens with one attached hydrogen (secondary N) is 1. The second-order valence-corrected chi connectivity index (χ2v) is 8.28. The van der Waals surface area contributed by atoms with Crippen LogP contribution in [-0.4, -0.2) is 33.3 Å². The normalized spacial score (nSPS) is 11.2. The number of rotatable bonds is 9. The largest absolute Gasteiger partial charge is 0.508 e. The van der Waals surface area contributed by atoms with Gasteiger partial charge in [0, 0.05) is 49.4 Å². The van der Waals surface area contributed by atoms with E-state index in [4.69, 9.17) is 0 Å². The molecule has 31 heavy (non-hydrogen) atoms. The van der Waals surface area contributed by atoms with E-state index in [0.29, 0.717) is 38.5 Å². The Bertz CT molecular complexity index is 980. The van der Waals surface area contributed by atoms with Gasteiger partial charge in [0.15, 0.2) is 0 Å². The highest BCUT2D eigenvalue weighted by Crippen LogP contribution is 2.24. The van der Waals surface area contributed by atoms with Gasteiger partial charge in [-0.15, -0.1) is 0 Å². The van der Waals surface area contributed by atoms with Gasteiger partial charge in [0.25, 0.3) is 0 Å². The van der Waals surface area contributed by atoms with E-state index < -0.39 is 0 Å². The third kappa shape index (κ3) is 6.48. The van der Waals surface area contributed by atoms with Crippen LogP contribution in [0.25, 0.3) is 0 Å². The Morgan fingerprint density at radius 3 is 1.55 bits per heavy atom. The van der Waals surface area contributed by atoms with Crippen molar-refractivity contribution in [3.8, 4) is 17.2 Å². The summed E-state index contributed by atoms with van der Waals surface area (Å²) in [5, 5.41) is 34.0. The van der Waals surface area contributed by atoms with Crippen molar-refractivity contribution in [3.05, 3.63) is 88.0 Å². The van der Waals surface area contributed by atoms with E-state index in [1.807, 2.05) is 57.2 Å². The molecule has 0 bridgehead atoms. The number of hydrogen-bond donors (Lipinski definition) is 4. The first-order valence-corrected chi connectivity index (χ1v) is 10.6. The van der Waals surface area contributed by atoms with Crippen molar-refractivity contribution in [3.63, 3.8) is 0 Å². The van der Waals surface area contributed by atoms with Gasteiger partial charge in [-0.25, -0.2) is 0 Å². The van der Waals surface area contributed by atoms with Crippen LogP contribution < -0.4 is 5.32 Å². The number of aromatic hydroxyl groups is 3. The molecule has 0 amide bonds. The van der Waals surface area contributed by atoms with Crippen LogP contribution >= 0.6 is 0 Å². The predicted molar refractivity (Wildman–Crippen MR) is 124 cm³/mol. The number of nitrogens with zero attached hydrogens (tertiary/aromatic N) is 1.